The number of benzene rings is 2. The minimum atomic E-state index is -4.61. The Morgan fingerprint density at radius 1 is 1.07 bits per heavy atom. The van der Waals surface area contributed by atoms with Gasteiger partial charge in [0, 0.05) is 11.4 Å². The normalized spacial score (nSPS) is 11.4. The predicted octanol–water partition coefficient (Wildman–Crippen LogP) is 6.47. The molecule has 0 heterocycles. The number of rotatable bonds is 6. The van der Waals surface area contributed by atoms with E-state index in [0.29, 0.717) is 12.0 Å². The van der Waals surface area contributed by atoms with Gasteiger partial charge in [0.05, 0.1) is 16.1 Å². The minimum absolute atomic E-state index is 0.138. The molecule has 0 N–H and O–H groups in total. The zero-order valence-electron chi connectivity index (χ0n) is 14.6. The van der Waals surface area contributed by atoms with Crippen molar-refractivity contribution >= 4 is 29.2 Å². The van der Waals surface area contributed by atoms with E-state index in [1.54, 1.807) is 19.9 Å². The van der Waals surface area contributed by atoms with Gasteiger partial charge in [0.15, 0.2) is 0 Å². The standard InChI is InChI=1S/C19H17Cl2F3O3/c1-3-11-8-13(19(22,23)24)17(9-15(11)21)26-10-12-14(20)6-5-7-16(12)27-18(25)4-2/h5-9H,3-4,10H2,1-2H3. The van der Waals surface area contributed by atoms with Crippen molar-refractivity contribution in [3.8, 4) is 11.5 Å². The minimum Gasteiger partial charge on any atom is -0.488 e. The molecule has 0 unspecified atom stereocenters. The Morgan fingerprint density at radius 2 is 1.78 bits per heavy atom. The molecule has 146 valence electrons. The zero-order valence-corrected chi connectivity index (χ0v) is 16.1. The molecule has 0 aliphatic heterocycles. The van der Waals surface area contributed by atoms with Gasteiger partial charge in [-0.3, -0.25) is 4.79 Å². The van der Waals surface area contributed by atoms with Crippen molar-refractivity contribution in [1.29, 1.82) is 0 Å². The SMILES string of the molecule is CCC(=O)Oc1cccc(Cl)c1COc1cc(Cl)c(CC)cc1C(F)(F)F. The van der Waals surface area contributed by atoms with Gasteiger partial charge in [-0.15, -0.1) is 0 Å². The van der Waals surface area contributed by atoms with E-state index in [2.05, 4.69) is 0 Å². The van der Waals surface area contributed by atoms with Crippen molar-refractivity contribution in [3.05, 3.63) is 57.1 Å². The van der Waals surface area contributed by atoms with E-state index in [1.165, 1.54) is 12.1 Å². The first-order chi connectivity index (χ1) is 12.7. The molecule has 3 nitrogen and oxygen atoms in total. The molecular weight excluding hydrogens is 404 g/mol. The second-order valence-corrected chi connectivity index (χ2v) is 6.44. The maximum Gasteiger partial charge on any atom is 0.419 e. The first-order valence-corrected chi connectivity index (χ1v) is 8.93. The van der Waals surface area contributed by atoms with Gasteiger partial charge in [-0.2, -0.15) is 13.2 Å². The molecule has 0 aromatic heterocycles. The lowest BCUT2D eigenvalue weighted by atomic mass is 10.1. The monoisotopic (exact) mass is 420 g/mol. The highest BCUT2D eigenvalue weighted by molar-refractivity contribution is 6.31. The molecule has 2 rings (SSSR count). The summed E-state index contributed by atoms with van der Waals surface area (Å²) in [4.78, 5) is 11.5. The number of carbonyl (C=O) groups is 1. The number of esters is 1. The van der Waals surface area contributed by atoms with E-state index in [4.69, 9.17) is 32.7 Å². The van der Waals surface area contributed by atoms with Crippen LogP contribution in [0.4, 0.5) is 13.2 Å². The third kappa shape index (κ3) is 5.30. The van der Waals surface area contributed by atoms with Gasteiger partial charge in [-0.1, -0.05) is 43.1 Å². The summed E-state index contributed by atoms with van der Waals surface area (Å²) < 4.78 is 50.7. The van der Waals surface area contributed by atoms with Crippen LogP contribution in [0.15, 0.2) is 30.3 Å². The summed E-state index contributed by atoms with van der Waals surface area (Å²) in [6.07, 6.45) is -4.12. The Kier molecular flexibility index (Phi) is 7.00. The zero-order chi connectivity index (χ0) is 20.2. The van der Waals surface area contributed by atoms with Crippen LogP contribution in [0.2, 0.25) is 10.0 Å². The van der Waals surface area contributed by atoms with Crippen molar-refractivity contribution in [1.82, 2.24) is 0 Å². The van der Waals surface area contributed by atoms with E-state index in [1.807, 2.05) is 0 Å². The summed E-state index contributed by atoms with van der Waals surface area (Å²) in [5.41, 5.74) is -0.292. The maximum absolute atomic E-state index is 13.4. The summed E-state index contributed by atoms with van der Waals surface area (Å²) in [5, 5.41) is 0.388. The summed E-state index contributed by atoms with van der Waals surface area (Å²) in [6, 6.07) is 6.70. The van der Waals surface area contributed by atoms with Gasteiger partial charge in [-0.25, -0.2) is 0 Å². The topological polar surface area (TPSA) is 35.5 Å². The van der Waals surface area contributed by atoms with Gasteiger partial charge in [0.1, 0.15) is 18.1 Å². The fraction of sp³-hybridized carbons (Fsp3) is 0.316. The highest BCUT2D eigenvalue weighted by Crippen LogP contribution is 2.40. The van der Waals surface area contributed by atoms with Crippen LogP contribution in [-0.2, 0) is 24.0 Å². The van der Waals surface area contributed by atoms with Crippen LogP contribution >= 0.6 is 23.2 Å². The molecule has 0 radical (unpaired) electrons. The molecule has 0 fully saturated rings. The van der Waals surface area contributed by atoms with Gasteiger partial charge >= 0.3 is 12.1 Å². The molecule has 2 aromatic carbocycles. The molecule has 27 heavy (non-hydrogen) atoms. The van der Waals surface area contributed by atoms with Crippen LogP contribution in [0.25, 0.3) is 0 Å². The Labute approximate surface area is 165 Å². The first-order valence-electron chi connectivity index (χ1n) is 8.17. The molecule has 8 heteroatoms. The van der Waals surface area contributed by atoms with Crippen LogP contribution in [0.1, 0.15) is 37.0 Å². The number of halogens is 5. The van der Waals surface area contributed by atoms with Crippen molar-refractivity contribution in [2.75, 3.05) is 0 Å². The van der Waals surface area contributed by atoms with Gasteiger partial charge in [0.2, 0.25) is 0 Å². The lowest BCUT2D eigenvalue weighted by Gasteiger charge is -2.18. The smallest absolute Gasteiger partial charge is 0.419 e. The molecule has 0 atom stereocenters. The van der Waals surface area contributed by atoms with E-state index in [9.17, 15) is 18.0 Å². The number of hydrogen-bond acceptors (Lipinski definition) is 3. The Balaban J connectivity index is 2.37. The van der Waals surface area contributed by atoms with Crippen molar-refractivity contribution in [2.24, 2.45) is 0 Å². The Bertz CT molecular complexity index is 836. The van der Waals surface area contributed by atoms with E-state index in [0.717, 1.165) is 12.1 Å². The predicted molar refractivity (Wildman–Crippen MR) is 97.5 cm³/mol. The number of hydrogen-bond donors (Lipinski definition) is 0. The number of ether oxygens (including phenoxy) is 2. The highest BCUT2D eigenvalue weighted by Gasteiger charge is 2.35. The van der Waals surface area contributed by atoms with Gasteiger partial charge < -0.3 is 9.47 Å². The molecule has 0 amide bonds. The van der Waals surface area contributed by atoms with Crippen molar-refractivity contribution in [3.63, 3.8) is 0 Å². The summed E-state index contributed by atoms with van der Waals surface area (Å²) >= 11 is 12.2. The average Bonchev–Trinajstić information content (AvgIpc) is 2.60. The van der Waals surface area contributed by atoms with Crippen LogP contribution in [0, 0.1) is 0 Å². The third-order valence-corrected chi connectivity index (χ3v) is 4.50. The van der Waals surface area contributed by atoms with Crippen LogP contribution in [-0.4, -0.2) is 5.97 Å². The maximum atomic E-state index is 13.4. The van der Waals surface area contributed by atoms with Crippen molar-refractivity contribution < 1.29 is 27.4 Å². The highest BCUT2D eigenvalue weighted by atomic mass is 35.5. The largest absolute Gasteiger partial charge is 0.488 e. The van der Waals surface area contributed by atoms with Gasteiger partial charge in [-0.05, 0) is 36.2 Å². The molecule has 0 bridgehead atoms. The quantitative estimate of drug-likeness (QED) is 0.396. The molecule has 0 spiro atoms. The second-order valence-electron chi connectivity index (χ2n) is 5.62. The Morgan fingerprint density at radius 3 is 2.37 bits per heavy atom. The summed E-state index contributed by atoms with van der Waals surface area (Å²) in [5.74, 6) is -0.776. The van der Waals surface area contributed by atoms with Gasteiger partial charge in [0.25, 0.3) is 0 Å². The molecule has 0 saturated carbocycles. The van der Waals surface area contributed by atoms with Crippen LogP contribution in [0.5, 0.6) is 11.5 Å². The first kappa shape index (κ1) is 21.4. The third-order valence-electron chi connectivity index (χ3n) is 3.80. The van der Waals surface area contributed by atoms with E-state index in [-0.39, 0.29) is 34.4 Å². The average molecular weight is 421 g/mol. The lowest BCUT2D eigenvalue weighted by Crippen LogP contribution is -2.12. The number of carbonyl (C=O) groups excluding carboxylic acids is 1. The lowest BCUT2D eigenvalue weighted by molar-refractivity contribution is -0.139. The van der Waals surface area contributed by atoms with E-state index < -0.39 is 23.5 Å². The molecule has 0 aliphatic carbocycles. The fourth-order valence-corrected chi connectivity index (χ4v) is 2.84. The number of aryl methyl sites for hydroxylation is 1. The van der Waals surface area contributed by atoms with Crippen LogP contribution < -0.4 is 9.47 Å². The summed E-state index contributed by atoms with van der Waals surface area (Å²) in [7, 11) is 0. The molecule has 2 aromatic rings. The molecule has 0 aliphatic rings. The fourth-order valence-electron chi connectivity index (χ4n) is 2.33. The second kappa shape index (κ2) is 8.85. The Hall–Kier alpha value is -1.92. The van der Waals surface area contributed by atoms with Crippen molar-refractivity contribution in [2.45, 2.75) is 39.5 Å². The molecule has 0 saturated heterocycles. The van der Waals surface area contributed by atoms with Crippen LogP contribution in [0.3, 0.4) is 0 Å². The summed E-state index contributed by atoms with van der Waals surface area (Å²) in [6.45, 7) is 3.01. The van der Waals surface area contributed by atoms with E-state index >= 15 is 0 Å². The number of alkyl halides is 3. The molecular formula is C19H17Cl2F3O3.